The number of aromatic nitrogens is 1. The Kier molecular flexibility index (Phi) is 4.55. The normalized spacial score (nSPS) is 10.6. The molecular formula is C14H17NOS2. The van der Waals surface area contributed by atoms with Gasteiger partial charge in [-0.1, -0.05) is 25.5 Å². The van der Waals surface area contributed by atoms with Crippen molar-refractivity contribution in [3.8, 4) is 16.2 Å². The van der Waals surface area contributed by atoms with Crippen molar-refractivity contribution in [1.82, 2.24) is 4.98 Å². The van der Waals surface area contributed by atoms with E-state index in [0.717, 1.165) is 40.4 Å². The number of hydrogen-bond acceptors (Lipinski definition) is 3. The molecular weight excluding hydrogens is 262 g/mol. The molecule has 0 aliphatic carbocycles. The Bertz CT molecular complexity index is 571. The van der Waals surface area contributed by atoms with Gasteiger partial charge in [0, 0.05) is 11.3 Å². The number of rotatable bonds is 5. The Hall–Kier alpha value is -1.13. The van der Waals surface area contributed by atoms with Crippen molar-refractivity contribution in [3.05, 3.63) is 33.9 Å². The van der Waals surface area contributed by atoms with E-state index in [1.54, 1.807) is 11.3 Å². The zero-order valence-corrected chi connectivity index (χ0v) is 12.3. The van der Waals surface area contributed by atoms with Crippen LogP contribution in [0.5, 0.6) is 5.75 Å². The van der Waals surface area contributed by atoms with Gasteiger partial charge in [0.2, 0.25) is 0 Å². The van der Waals surface area contributed by atoms with E-state index in [9.17, 15) is 0 Å². The van der Waals surface area contributed by atoms with Gasteiger partial charge in [0.15, 0.2) is 3.95 Å². The predicted molar refractivity (Wildman–Crippen MR) is 80.1 cm³/mol. The maximum atomic E-state index is 5.85. The second kappa shape index (κ2) is 6.16. The molecule has 0 spiro atoms. The number of para-hydroxylation sites is 1. The van der Waals surface area contributed by atoms with Crippen molar-refractivity contribution in [2.24, 2.45) is 0 Å². The summed E-state index contributed by atoms with van der Waals surface area (Å²) in [6.07, 6.45) is 2.22. The predicted octanol–water partition coefficient (Wildman–Crippen LogP) is 4.96. The maximum absolute atomic E-state index is 5.85. The molecule has 2 nitrogen and oxygen atoms in total. The number of hydrogen-bond donors (Lipinski definition) is 1. The van der Waals surface area contributed by atoms with Crippen LogP contribution >= 0.6 is 23.6 Å². The van der Waals surface area contributed by atoms with Crippen LogP contribution in [0.25, 0.3) is 10.4 Å². The molecule has 0 saturated carbocycles. The molecule has 1 N–H and O–H groups in total. The van der Waals surface area contributed by atoms with E-state index in [1.165, 1.54) is 4.88 Å². The molecule has 0 bridgehead atoms. The highest BCUT2D eigenvalue weighted by Gasteiger charge is 2.10. The minimum Gasteiger partial charge on any atom is -0.493 e. The minimum atomic E-state index is 0.766. The Morgan fingerprint density at radius 1 is 1.33 bits per heavy atom. The summed E-state index contributed by atoms with van der Waals surface area (Å²) < 4.78 is 6.67. The van der Waals surface area contributed by atoms with Crippen LogP contribution in [0.2, 0.25) is 0 Å². The lowest BCUT2D eigenvalue weighted by Gasteiger charge is -2.10. The summed E-state index contributed by atoms with van der Waals surface area (Å²) in [6.45, 7) is 4.98. The van der Waals surface area contributed by atoms with Gasteiger partial charge in [0.05, 0.1) is 11.5 Å². The lowest BCUT2D eigenvalue weighted by molar-refractivity contribution is 0.310. The summed E-state index contributed by atoms with van der Waals surface area (Å²) in [5.41, 5.74) is 2.24. The molecule has 2 rings (SSSR count). The Morgan fingerprint density at radius 2 is 2.11 bits per heavy atom. The minimum absolute atomic E-state index is 0.766. The van der Waals surface area contributed by atoms with E-state index in [4.69, 9.17) is 17.0 Å². The first kappa shape index (κ1) is 13.3. The van der Waals surface area contributed by atoms with Crippen LogP contribution in [0, 0.1) is 10.9 Å². The molecule has 0 unspecified atom stereocenters. The van der Waals surface area contributed by atoms with E-state index < -0.39 is 0 Å². The molecule has 0 aliphatic rings. The topological polar surface area (TPSA) is 25.0 Å². The number of benzene rings is 1. The van der Waals surface area contributed by atoms with Crippen LogP contribution in [0.3, 0.4) is 0 Å². The fourth-order valence-electron chi connectivity index (χ4n) is 1.77. The van der Waals surface area contributed by atoms with Crippen molar-refractivity contribution in [2.75, 3.05) is 6.61 Å². The first-order chi connectivity index (χ1) is 8.72. The van der Waals surface area contributed by atoms with Crippen LogP contribution in [0.1, 0.15) is 25.5 Å². The van der Waals surface area contributed by atoms with E-state index in [-0.39, 0.29) is 0 Å². The maximum Gasteiger partial charge on any atom is 0.159 e. The second-order valence-electron chi connectivity index (χ2n) is 4.17. The summed E-state index contributed by atoms with van der Waals surface area (Å²) in [5.74, 6) is 0.944. The quantitative estimate of drug-likeness (QED) is 0.618. The Morgan fingerprint density at radius 3 is 2.78 bits per heavy atom. The average molecular weight is 279 g/mol. The zero-order valence-electron chi connectivity index (χ0n) is 10.7. The van der Waals surface area contributed by atoms with Gasteiger partial charge in [-0.3, -0.25) is 0 Å². The van der Waals surface area contributed by atoms with Crippen molar-refractivity contribution in [2.45, 2.75) is 26.7 Å². The van der Waals surface area contributed by atoms with Crippen molar-refractivity contribution < 1.29 is 4.74 Å². The summed E-state index contributed by atoms with van der Waals surface area (Å²) >= 11 is 6.79. The highest BCUT2D eigenvalue weighted by atomic mass is 32.1. The van der Waals surface area contributed by atoms with Gasteiger partial charge in [0.25, 0.3) is 0 Å². The summed E-state index contributed by atoms with van der Waals surface area (Å²) in [6, 6.07) is 8.15. The van der Waals surface area contributed by atoms with Crippen molar-refractivity contribution in [1.29, 1.82) is 0 Å². The molecule has 18 heavy (non-hydrogen) atoms. The van der Waals surface area contributed by atoms with Gasteiger partial charge in [-0.2, -0.15) is 0 Å². The zero-order chi connectivity index (χ0) is 13.0. The molecule has 0 atom stereocenters. The standard InChI is InChI=1S/C14H17NOS2/c1-3-4-9-16-12-8-6-5-7-11(12)13-10(2)15-14(17)18-13/h5-8H,3-4,9H2,1-2H3,(H,15,17). The average Bonchev–Trinajstić information content (AvgIpc) is 2.69. The van der Waals surface area contributed by atoms with E-state index in [2.05, 4.69) is 18.0 Å². The molecule has 0 aliphatic heterocycles. The first-order valence-corrected chi connectivity index (χ1v) is 7.36. The summed E-state index contributed by atoms with van der Waals surface area (Å²) in [5, 5.41) is 0. The highest BCUT2D eigenvalue weighted by Crippen LogP contribution is 2.35. The van der Waals surface area contributed by atoms with Gasteiger partial charge >= 0.3 is 0 Å². The Balaban J connectivity index is 2.32. The lowest BCUT2D eigenvalue weighted by atomic mass is 10.1. The molecule has 0 fully saturated rings. The number of thiazole rings is 1. The number of H-pyrrole nitrogens is 1. The first-order valence-electron chi connectivity index (χ1n) is 6.14. The molecule has 96 valence electrons. The van der Waals surface area contributed by atoms with Gasteiger partial charge in [-0.05, 0) is 37.7 Å². The van der Waals surface area contributed by atoms with Crippen LogP contribution in [0.4, 0.5) is 0 Å². The van der Waals surface area contributed by atoms with Crippen LogP contribution in [0.15, 0.2) is 24.3 Å². The smallest absolute Gasteiger partial charge is 0.159 e. The van der Waals surface area contributed by atoms with Gasteiger partial charge in [-0.15, -0.1) is 11.3 Å². The van der Waals surface area contributed by atoms with Crippen LogP contribution < -0.4 is 4.74 Å². The van der Waals surface area contributed by atoms with E-state index in [1.807, 2.05) is 25.1 Å². The van der Waals surface area contributed by atoms with Gasteiger partial charge in [0.1, 0.15) is 5.75 Å². The van der Waals surface area contributed by atoms with Gasteiger partial charge in [-0.25, -0.2) is 0 Å². The van der Waals surface area contributed by atoms with E-state index >= 15 is 0 Å². The number of ether oxygens (including phenoxy) is 1. The molecule has 1 heterocycles. The highest BCUT2D eigenvalue weighted by molar-refractivity contribution is 7.73. The summed E-state index contributed by atoms with van der Waals surface area (Å²) in [4.78, 5) is 4.35. The third-order valence-corrected chi connectivity index (χ3v) is 4.08. The number of aryl methyl sites for hydroxylation is 1. The molecule has 0 amide bonds. The molecule has 1 aromatic heterocycles. The van der Waals surface area contributed by atoms with Crippen LogP contribution in [-0.4, -0.2) is 11.6 Å². The van der Waals surface area contributed by atoms with Crippen molar-refractivity contribution in [3.63, 3.8) is 0 Å². The largest absolute Gasteiger partial charge is 0.493 e. The third-order valence-electron chi connectivity index (χ3n) is 2.71. The fourth-order valence-corrected chi connectivity index (χ4v) is 3.04. The van der Waals surface area contributed by atoms with Gasteiger partial charge < -0.3 is 9.72 Å². The number of unbranched alkanes of at least 4 members (excludes halogenated alkanes) is 1. The molecule has 0 radical (unpaired) electrons. The molecule has 1 aromatic carbocycles. The van der Waals surface area contributed by atoms with E-state index in [0.29, 0.717) is 0 Å². The monoisotopic (exact) mass is 279 g/mol. The fraction of sp³-hybridized carbons (Fsp3) is 0.357. The SMILES string of the molecule is CCCCOc1ccccc1-c1sc(=S)[nH]c1C. The molecule has 0 saturated heterocycles. The van der Waals surface area contributed by atoms with Crippen molar-refractivity contribution >= 4 is 23.6 Å². The molecule has 4 heteroatoms. The third kappa shape index (κ3) is 3.00. The molecule has 2 aromatic rings. The second-order valence-corrected chi connectivity index (χ2v) is 5.85. The Labute approximate surface area is 117 Å². The number of aromatic amines is 1. The number of nitrogens with one attached hydrogen (secondary N) is 1. The lowest BCUT2D eigenvalue weighted by Crippen LogP contribution is -1.97. The van der Waals surface area contributed by atoms with Crippen LogP contribution in [-0.2, 0) is 0 Å². The summed E-state index contributed by atoms with van der Waals surface area (Å²) in [7, 11) is 0.